The summed E-state index contributed by atoms with van der Waals surface area (Å²) < 4.78 is 7.80. The molecule has 2 atom stereocenters. The van der Waals surface area contributed by atoms with Crippen molar-refractivity contribution in [2.24, 2.45) is 13.0 Å². The number of hydrogen-bond acceptors (Lipinski definition) is 9. The smallest absolute Gasteiger partial charge is 0.306 e. The second kappa shape index (κ2) is 10.5. The highest BCUT2D eigenvalue weighted by atomic mass is 35.5. The highest BCUT2D eigenvalue weighted by Gasteiger charge is 2.28. The summed E-state index contributed by atoms with van der Waals surface area (Å²) >= 11 is 5.95. The lowest BCUT2D eigenvalue weighted by atomic mass is 9.87. The molecular formula is C24H26ClN9O3. The lowest BCUT2D eigenvalue weighted by Crippen LogP contribution is -2.29. The van der Waals surface area contributed by atoms with E-state index in [0.29, 0.717) is 53.2 Å². The van der Waals surface area contributed by atoms with Gasteiger partial charge in [0.25, 0.3) is 5.95 Å². The number of carboxylic acids is 1. The van der Waals surface area contributed by atoms with E-state index in [1.807, 2.05) is 19.1 Å². The Morgan fingerprint density at radius 3 is 2.73 bits per heavy atom. The van der Waals surface area contributed by atoms with Crippen LogP contribution in [0, 0.1) is 12.8 Å². The molecule has 1 aliphatic carbocycles. The molecule has 1 aromatic carbocycles. The number of halogens is 1. The maximum absolute atomic E-state index is 11.4. The number of carbonyl (C=O) groups is 1. The van der Waals surface area contributed by atoms with Gasteiger partial charge < -0.3 is 15.2 Å². The summed E-state index contributed by atoms with van der Waals surface area (Å²) in [6, 6.07) is 10.8. The Morgan fingerprint density at radius 2 is 1.97 bits per heavy atom. The zero-order valence-corrected chi connectivity index (χ0v) is 21.1. The van der Waals surface area contributed by atoms with Gasteiger partial charge in [0.15, 0.2) is 0 Å². The zero-order chi connectivity index (χ0) is 25.9. The highest BCUT2D eigenvalue weighted by molar-refractivity contribution is 6.30. The van der Waals surface area contributed by atoms with Crippen LogP contribution in [0.1, 0.15) is 37.1 Å². The number of aryl methyl sites for hydroxylation is 2. The van der Waals surface area contributed by atoms with Gasteiger partial charge in [0.05, 0.1) is 41.3 Å². The molecule has 1 saturated carbocycles. The molecule has 0 amide bonds. The lowest BCUT2D eigenvalue weighted by Gasteiger charge is -2.27. The molecule has 0 spiro atoms. The predicted octanol–water partition coefficient (Wildman–Crippen LogP) is 3.45. The number of ether oxygens (including phenoxy) is 1. The van der Waals surface area contributed by atoms with Crippen molar-refractivity contribution in [3.8, 4) is 22.8 Å². The fourth-order valence-corrected chi connectivity index (χ4v) is 4.49. The summed E-state index contributed by atoms with van der Waals surface area (Å²) in [6.45, 7) is 2.21. The average molecular weight is 524 g/mol. The molecule has 5 rings (SSSR count). The second-order valence-electron chi connectivity index (χ2n) is 8.96. The number of nitrogens with zero attached hydrogens (tertiary/aromatic N) is 8. The second-order valence-corrected chi connectivity index (χ2v) is 9.40. The van der Waals surface area contributed by atoms with Gasteiger partial charge in [0, 0.05) is 12.1 Å². The van der Waals surface area contributed by atoms with E-state index in [9.17, 15) is 9.90 Å². The molecule has 1 unspecified atom stereocenters. The zero-order valence-electron chi connectivity index (χ0n) is 20.4. The molecule has 3 aromatic heterocycles. The minimum absolute atomic E-state index is 0.133. The number of hydrogen-bond donors (Lipinski definition) is 2. The Kier molecular flexibility index (Phi) is 6.99. The van der Waals surface area contributed by atoms with Crippen molar-refractivity contribution in [1.29, 1.82) is 0 Å². The van der Waals surface area contributed by atoms with Crippen LogP contribution in [-0.4, -0.2) is 57.4 Å². The van der Waals surface area contributed by atoms with Crippen LogP contribution in [-0.2, 0) is 18.4 Å². The third kappa shape index (κ3) is 5.53. The van der Waals surface area contributed by atoms with Gasteiger partial charge in [-0.15, -0.1) is 15.0 Å². The number of carboxylic acid groups (broad SMARTS) is 1. The molecule has 4 aromatic rings. The molecule has 3 heterocycles. The van der Waals surface area contributed by atoms with E-state index >= 15 is 0 Å². The van der Waals surface area contributed by atoms with Crippen LogP contribution in [0.3, 0.4) is 0 Å². The van der Waals surface area contributed by atoms with Gasteiger partial charge in [-0.05, 0) is 74.2 Å². The van der Waals surface area contributed by atoms with Gasteiger partial charge in [0.1, 0.15) is 11.4 Å². The summed E-state index contributed by atoms with van der Waals surface area (Å²) in [4.78, 5) is 17.5. The van der Waals surface area contributed by atoms with Crippen molar-refractivity contribution in [2.45, 2.75) is 45.3 Å². The summed E-state index contributed by atoms with van der Waals surface area (Å²) in [5, 5.41) is 34.1. The van der Waals surface area contributed by atoms with Gasteiger partial charge in [-0.25, -0.2) is 9.67 Å². The maximum Gasteiger partial charge on any atom is 0.306 e. The van der Waals surface area contributed by atoms with Crippen molar-refractivity contribution in [2.75, 3.05) is 5.32 Å². The van der Waals surface area contributed by atoms with Crippen molar-refractivity contribution in [3.05, 3.63) is 52.8 Å². The molecular weight excluding hydrogens is 498 g/mol. The number of aromatic nitrogens is 8. The van der Waals surface area contributed by atoms with E-state index in [0.717, 1.165) is 24.2 Å². The van der Waals surface area contributed by atoms with Gasteiger partial charge in [-0.3, -0.25) is 4.79 Å². The number of benzene rings is 1. The van der Waals surface area contributed by atoms with Crippen LogP contribution in [0.2, 0.25) is 5.02 Å². The first-order chi connectivity index (χ1) is 17.9. The maximum atomic E-state index is 11.4. The molecule has 12 nitrogen and oxygen atoms in total. The molecule has 13 heteroatoms. The van der Waals surface area contributed by atoms with Crippen LogP contribution in [0.4, 0.5) is 5.95 Å². The Hall–Kier alpha value is -4.06. The van der Waals surface area contributed by atoms with E-state index in [-0.39, 0.29) is 12.0 Å². The minimum atomic E-state index is -0.759. The number of anilines is 1. The van der Waals surface area contributed by atoms with Crippen LogP contribution in [0.25, 0.3) is 17.1 Å². The summed E-state index contributed by atoms with van der Waals surface area (Å²) in [5.41, 5.74) is 3.51. The largest absolute Gasteiger partial charge is 0.489 e. The van der Waals surface area contributed by atoms with Crippen molar-refractivity contribution in [1.82, 2.24) is 40.2 Å². The lowest BCUT2D eigenvalue weighted by molar-refractivity contribution is -0.143. The fraction of sp³-hybridized carbons (Fsp3) is 0.375. The molecule has 0 radical (unpaired) electrons. The predicted molar refractivity (Wildman–Crippen MR) is 134 cm³/mol. The highest BCUT2D eigenvalue weighted by Crippen LogP contribution is 2.30. The van der Waals surface area contributed by atoms with Crippen molar-refractivity contribution >= 4 is 23.5 Å². The van der Waals surface area contributed by atoms with Gasteiger partial charge in [-0.1, -0.05) is 21.9 Å². The van der Waals surface area contributed by atoms with E-state index < -0.39 is 5.97 Å². The summed E-state index contributed by atoms with van der Waals surface area (Å²) in [5.74, 6) is -0.123. The Bertz CT molecular complexity index is 1400. The number of aliphatic carboxylic acids is 1. The number of tetrazole rings is 1. The SMILES string of the molecule is Cc1nc(-c2nnn(C)c2CNc2nnn(-c3ccc(Cl)cc3)n2)ccc1OC1CCC[C@H](C(=O)O)C1. The van der Waals surface area contributed by atoms with Gasteiger partial charge in [-0.2, -0.15) is 0 Å². The first-order valence-electron chi connectivity index (χ1n) is 11.9. The van der Waals surface area contributed by atoms with Crippen LogP contribution in [0.5, 0.6) is 5.75 Å². The van der Waals surface area contributed by atoms with Crippen molar-refractivity contribution in [3.63, 3.8) is 0 Å². The van der Waals surface area contributed by atoms with E-state index in [1.54, 1.807) is 36.0 Å². The van der Waals surface area contributed by atoms with E-state index in [1.165, 1.54) is 4.80 Å². The monoisotopic (exact) mass is 523 g/mol. The van der Waals surface area contributed by atoms with Gasteiger partial charge in [0.2, 0.25) is 0 Å². The molecule has 1 fully saturated rings. The first kappa shape index (κ1) is 24.6. The average Bonchev–Trinajstić information content (AvgIpc) is 3.51. The number of pyridine rings is 1. The van der Waals surface area contributed by atoms with E-state index in [2.05, 4.69) is 31.0 Å². The molecule has 1 aliphatic rings. The third-order valence-electron chi connectivity index (χ3n) is 6.38. The third-order valence-corrected chi connectivity index (χ3v) is 6.63. The van der Waals surface area contributed by atoms with Crippen LogP contribution >= 0.6 is 11.6 Å². The minimum Gasteiger partial charge on any atom is -0.489 e. The first-order valence-corrected chi connectivity index (χ1v) is 12.3. The Balaban J connectivity index is 1.28. The molecule has 2 N–H and O–H groups in total. The Labute approximate surface area is 217 Å². The van der Waals surface area contributed by atoms with Crippen LogP contribution in [0.15, 0.2) is 36.4 Å². The number of nitrogens with one attached hydrogen (secondary N) is 1. The van der Waals surface area contributed by atoms with E-state index in [4.69, 9.17) is 21.3 Å². The molecule has 0 saturated heterocycles. The summed E-state index contributed by atoms with van der Waals surface area (Å²) in [7, 11) is 1.80. The fourth-order valence-electron chi connectivity index (χ4n) is 4.37. The number of rotatable bonds is 8. The summed E-state index contributed by atoms with van der Waals surface area (Å²) in [6.07, 6.45) is 2.74. The van der Waals surface area contributed by atoms with Crippen LogP contribution < -0.4 is 10.1 Å². The standard InChI is InChI=1S/C24H26ClN9O3/c1-14-21(37-18-5-3-4-15(12-18)23(35)36)11-10-19(27-14)22-20(33(2)31-28-22)13-26-24-29-32-34(30-24)17-8-6-16(25)7-9-17/h6-11,15,18H,3-5,12-13H2,1-2H3,(H,26,30)(H,35,36)/t15-,18?/m0/s1. The molecule has 37 heavy (non-hydrogen) atoms. The normalized spacial score (nSPS) is 17.5. The quantitative estimate of drug-likeness (QED) is 0.352. The van der Waals surface area contributed by atoms with Crippen molar-refractivity contribution < 1.29 is 14.6 Å². The molecule has 0 bridgehead atoms. The molecule has 0 aliphatic heterocycles. The van der Waals surface area contributed by atoms with Gasteiger partial charge >= 0.3 is 5.97 Å². The molecule has 192 valence electrons. The topological polar surface area (TPSA) is 146 Å². The Morgan fingerprint density at radius 1 is 1.16 bits per heavy atom.